The van der Waals surface area contributed by atoms with Crippen molar-refractivity contribution in [2.24, 2.45) is 7.05 Å². The molecule has 0 aliphatic heterocycles. The lowest BCUT2D eigenvalue weighted by atomic mass is 10.3. The van der Waals surface area contributed by atoms with E-state index in [1.54, 1.807) is 7.05 Å². The fourth-order valence-corrected chi connectivity index (χ4v) is 10.1. The molecule has 4 aromatic carbocycles. The van der Waals surface area contributed by atoms with Crippen molar-refractivity contribution in [1.29, 1.82) is 0 Å². The molecule has 2 N–H and O–H groups in total. The van der Waals surface area contributed by atoms with Crippen LogP contribution < -0.4 is 12.9 Å². The van der Waals surface area contributed by atoms with Crippen LogP contribution in [0.2, 0.25) is 40.2 Å². The lowest BCUT2D eigenvalue weighted by Gasteiger charge is -2.13. The molecule has 5 aromatic rings. The highest BCUT2D eigenvalue weighted by atomic mass is 35.5. The topological polar surface area (TPSA) is 170 Å². The van der Waals surface area contributed by atoms with Crippen LogP contribution in [-0.2, 0) is 38.5 Å². The quantitative estimate of drug-likeness (QED) is 0.106. The molecule has 0 saturated heterocycles. The van der Waals surface area contributed by atoms with Gasteiger partial charge >= 0.3 is 31.4 Å². The van der Waals surface area contributed by atoms with Gasteiger partial charge in [-0.15, -0.1) is 0 Å². The molecule has 0 spiro atoms. The lowest BCUT2D eigenvalue weighted by molar-refractivity contribution is -0.676. The van der Waals surface area contributed by atoms with Crippen LogP contribution in [0.5, 0.6) is 23.0 Å². The summed E-state index contributed by atoms with van der Waals surface area (Å²) in [5.41, 5.74) is 0. The van der Waals surface area contributed by atoms with E-state index in [-0.39, 0.29) is 51.4 Å². The second-order valence-electron chi connectivity index (χ2n) is 10.2. The van der Waals surface area contributed by atoms with Crippen LogP contribution in [0.25, 0.3) is 0 Å². The number of hydrogen-bond donors (Lipinski definition) is 2. The summed E-state index contributed by atoms with van der Waals surface area (Å²) in [5, 5.41) is 20.0. The Morgan fingerprint density at radius 1 is 0.579 bits per heavy atom. The van der Waals surface area contributed by atoms with E-state index in [2.05, 4.69) is 8.37 Å². The van der Waals surface area contributed by atoms with Gasteiger partial charge < -0.3 is 18.6 Å². The highest BCUT2D eigenvalue weighted by Crippen LogP contribution is 2.48. The third-order valence-corrected chi connectivity index (χ3v) is 11.9. The van der Waals surface area contributed by atoms with Crippen LogP contribution in [0, 0.1) is 6.92 Å². The second kappa shape index (κ2) is 20.0. The zero-order valence-electron chi connectivity index (χ0n) is 27.5. The molecule has 0 amide bonds. The molecular formula is C29H18Cl8F3N2O10S5+. The van der Waals surface area contributed by atoms with Crippen molar-refractivity contribution in [1.82, 2.24) is 3.97 Å². The van der Waals surface area contributed by atoms with Gasteiger partial charge in [-0.2, -0.15) is 25.3 Å². The number of phenolic OH excluding ortho intramolecular Hbond substituents is 2. The predicted molar refractivity (Wildman–Crippen MR) is 215 cm³/mol. The zero-order valence-corrected chi connectivity index (χ0v) is 37.7. The first-order valence-corrected chi connectivity index (χ1v) is 22.6. The van der Waals surface area contributed by atoms with Gasteiger partial charge in [0.05, 0.1) is 46.7 Å². The average Bonchev–Trinajstić information content (AvgIpc) is 3.39. The molecule has 0 fully saturated rings. The highest BCUT2D eigenvalue weighted by Gasteiger charge is 2.25. The number of benzene rings is 4. The maximum Gasteiger partial charge on any atom is 0.488 e. The molecule has 1 heterocycles. The highest BCUT2D eigenvalue weighted by molar-refractivity contribution is 8.00. The Labute approximate surface area is 372 Å². The van der Waals surface area contributed by atoms with Crippen molar-refractivity contribution in [3.8, 4) is 23.0 Å². The van der Waals surface area contributed by atoms with E-state index in [0.29, 0.717) is 41.4 Å². The predicted octanol–water partition coefficient (Wildman–Crippen LogP) is 11.2. The van der Waals surface area contributed by atoms with Gasteiger partial charge in [0.25, 0.3) is 5.82 Å². The van der Waals surface area contributed by atoms with Crippen molar-refractivity contribution in [3.05, 3.63) is 107 Å². The third-order valence-electron chi connectivity index (χ3n) is 6.23. The minimum absolute atomic E-state index is 0.000174. The number of halogens is 11. The number of hydrogen-bond acceptors (Lipinski definition) is 12. The van der Waals surface area contributed by atoms with Gasteiger partial charge in [0.1, 0.15) is 23.9 Å². The van der Waals surface area contributed by atoms with Crippen molar-refractivity contribution in [3.63, 3.8) is 0 Å². The van der Waals surface area contributed by atoms with E-state index in [1.165, 1.54) is 42.0 Å². The smallest absolute Gasteiger partial charge is 0.488 e. The van der Waals surface area contributed by atoms with E-state index >= 15 is 0 Å². The molecule has 0 atom stereocenters. The second-order valence-corrected chi connectivity index (χ2v) is 18.9. The van der Waals surface area contributed by atoms with E-state index in [9.17, 15) is 47.1 Å². The van der Waals surface area contributed by atoms with Gasteiger partial charge in [0, 0.05) is 27.0 Å². The van der Waals surface area contributed by atoms with Crippen LogP contribution in [0.15, 0.2) is 80.5 Å². The Morgan fingerprint density at radius 3 is 1.18 bits per heavy atom. The maximum absolute atomic E-state index is 13.0. The van der Waals surface area contributed by atoms with Gasteiger partial charge in [0.2, 0.25) is 0 Å². The largest absolute Gasteiger partial charge is 0.505 e. The molecule has 310 valence electrons. The molecule has 57 heavy (non-hydrogen) atoms. The first-order valence-electron chi connectivity index (χ1n) is 14.0. The minimum Gasteiger partial charge on any atom is -0.505 e. The number of aromatic hydroxyl groups is 2. The molecular weight excluding hydrogens is 1040 g/mol. The summed E-state index contributed by atoms with van der Waals surface area (Å²) < 4.78 is 113. The Morgan fingerprint density at radius 2 is 0.895 bits per heavy atom. The van der Waals surface area contributed by atoms with E-state index in [0.717, 1.165) is 42.2 Å². The SMILES string of the molecule is Cc1n(S(=O)(=O)F)cc[n+]1C.O=S(=O)(F)Oc1c(Cl)cc(Cl)cc1Sc1cc(Cl)cc(Cl)c1OS(=O)(=O)F.Oc1c(Cl)cc(Cl)cc1Sc1cc(Cl)cc(Cl)c1O. The van der Waals surface area contributed by atoms with E-state index < -0.39 is 42.9 Å². The van der Waals surface area contributed by atoms with Gasteiger partial charge in [-0.25, -0.2) is 4.57 Å². The Balaban J connectivity index is 0.000000251. The number of phenols is 2. The Bertz CT molecular complexity index is 2540. The summed E-state index contributed by atoms with van der Waals surface area (Å²) in [6.45, 7) is 1.51. The van der Waals surface area contributed by atoms with Gasteiger partial charge in [0.15, 0.2) is 11.5 Å². The fraction of sp³-hybridized carbons (Fsp3) is 0.0690. The summed E-state index contributed by atoms with van der Waals surface area (Å²) in [5.74, 6) is -1.22. The first-order chi connectivity index (χ1) is 26.1. The molecule has 0 saturated carbocycles. The van der Waals surface area contributed by atoms with Crippen molar-refractivity contribution < 1.29 is 60.1 Å². The summed E-state index contributed by atoms with van der Waals surface area (Å²) in [6, 6.07) is 10.3. The fourth-order valence-electron chi connectivity index (χ4n) is 3.83. The molecule has 5 rings (SSSR count). The molecule has 28 heteroatoms. The molecule has 12 nitrogen and oxygen atoms in total. The van der Waals surface area contributed by atoms with Crippen molar-refractivity contribution in [2.75, 3.05) is 0 Å². The Hall–Kier alpha value is -2.05. The Kier molecular flexibility index (Phi) is 17.3. The van der Waals surface area contributed by atoms with Gasteiger partial charge in [-0.1, -0.05) is 132 Å². The summed E-state index contributed by atoms with van der Waals surface area (Å²) >= 11 is 48.3. The number of nitrogens with zero attached hydrogens (tertiary/aromatic N) is 2. The normalized spacial score (nSPS) is 11.6. The minimum atomic E-state index is -5.46. The third kappa shape index (κ3) is 14.9. The van der Waals surface area contributed by atoms with Crippen LogP contribution in [0.3, 0.4) is 0 Å². The molecule has 0 bridgehead atoms. The summed E-state index contributed by atoms with van der Waals surface area (Å²) in [7, 11) is -13.9. The molecule has 1 aromatic heterocycles. The number of imidazole rings is 1. The van der Waals surface area contributed by atoms with Crippen LogP contribution in [0.1, 0.15) is 5.82 Å². The molecule has 0 aliphatic rings. The summed E-state index contributed by atoms with van der Waals surface area (Å²) in [6.07, 6.45) is 2.62. The summed E-state index contributed by atoms with van der Waals surface area (Å²) in [4.78, 5) is 0.415. The monoisotopic (exact) mass is 1050 g/mol. The van der Waals surface area contributed by atoms with Crippen molar-refractivity contribution >= 4 is 148 Å². The zero-order chi connectivity index (χ0) is 43.4. The molecule has 0 radical (unpaired) electrons. The number of rotatable bonds is 9. The van der Waals surface area contributed by atoms with Gasteiger partial charge in [-0.05, 0) is 48.5 Å². The maximum atomic E-state index is 13.0. The van der Waals surface area contributed by atoms with Crippen LogP contribution in [-0.4, -0.2) is 39.4 Å². The van der Waals surface area contributed by atoms with E-state index in [1.807, 2.05) is 0 Å². The van der Waals surface area contributed by atoms with Gasteiger partial charge in [-0.3, -0.25) is 0 Å². The standard InChI is InChI=1S/C12H4Cl4F2O6S3.C12H6Cl4O2S.C5H8FN2O2S/c13-5-1-7(15)11(23-26(17,19)20)9(3-5)25-10-4-6(14)2-8(16)12(10)24-27(18,21)22;13-5-1-7(15)11(17)9(3-5)19-10-4-6(14)2-8(16)12(10)18;1-5-7(2)3-4-8(5)11(6,9)10/h1-4H;1-4,17-18H;3-4H,1-2H3/q;;+1. The molecule has 0 aliphatic carbocycles. The first kappa shape index (κ1) is 49.3. The van der Waals surface area contributed by atoms with Crippen LogP contribution >= 0.6 is 116 Å². The lowest BCUT2D eigenvalue weighted by Crippen LogP contribution is -2.30. The number of aromatic nitrogens is 2. The number of aryl methyl sites for hydroxylation is 1. The molecule has 0 unspecified atom stereocenters. The van der Waals surface area contributed by atoms with E-state index in [4.69, 9.17) is 92.8 Å². The van der Waals surface area contributed by atoms with Crippen LogP contribution in [0.4, 0.5) is 11.7 Å². The average molecular weight is 1060 g/mol. The van der Waals surface area contributed by atoms with Crippen molar-refractivity contribution in [2.45, 2.75) is 26.5 Å².